The van der Waals surface area contributed by atoms with Gasteiger partial charge in [0.05, 0.1) is 18.2 Å². The van der Waals surface area contributed by atoms with Gasteiger partial charge in [0.15, 0.2) is 0 Å². The van der Waals surface area contributed by atoms with E-state index in [4.69, 9.17) is 4.74 Å². The molecule has 1 aromatic carbocycles. The molecule has 1 aliphatic rings. The summed E-state index contributed by atoms with van der Waals surface area (Å²) in [6.45, 7) is 6.36. The lowest BCUT2D eigenvalue weighted by Gasteiger charge is -2.20. The predicted octanol–water partition coefficient (Wildman–Crippen LogP) is 2.29. The van der Waals surface area contributed by atoms with Gasteiger partial charge in [-0.25, -0.2) is 0 Å². The molecule has 16 heavy (non-hydrogen) atoms. The fourth-order valence-corrected chi connectivity index (χ4v) is 2.09. The van der Waals surface area contributed by atoms with Gasteiger partial charge in [-0.2, -0.15) is 0 Å². The highest BCUT2D eigenvalue weighted by atomic mass is 16.5. The SMILES string of the molecule is Cc1ccc(C)c2c1OCC(C)C(=O)N2C. The summed E-state index contributed by atoms with van der Waals surface area (Å²) < 4.78 is 5.75. The van der Waals surface area contributed by atoms with Gasteiger partial charge < -0.3 is 9.64 Å². The Morgan fingerprint density at radius 2 is 1.94 bits per heavy atom. The first kappa shape index (κ1) is 11.0. The van der Waals surface area contributed by atoms with Crippen molar-refractivity contribution in [2.24, 2.45) is 5.92 Å². The largest absolute Gasteiger partial charge is 0.490 e. The second-order valence-electron chi connectivity index (χ2n) is 4.49. The van der Waals surface area contributed by atoms with Crippen LogP contribution < -0.4 is 9.64 Å². The Balaban J connectivity index is 2.61. The van der Waals surface area contributed by atoms with Crippen LogP contribution in [-0.2, 0) is 4.79 Å². The van der Waals surface area contributed by atoms with Gasteiger partial charge in [-0.15, -0.1) is 0 Å². The van der Waals surface area contributed by atoms with E-state index in [0.717, 1.165) is 22.6 Å². The first-order chi connectivity index (χ1) is 7.52. The van der Waals surface area contributed by atoms with E-state index in [0.29, 0.717) is 6.61 Å². The summed E-state index contributed by atoms with van der Waals surface area (Å²) >= 11 is 0. The molecule has 3 nitrogen and oxygen atoms in total. The van der Waals surface area contributed by atoms with Crippen molar-refractivity contribution in [3.05, 3.63) is 23.3 Å². The minimum atomic E-state index is -0.0869. The summed E-state index contributed by atoms with van der Waals surface area (Å²) in [6.07, 6.45) is 0. The van der Waals surface area contributed by atoms with Crippen LogP contribution in [0.25, 0.3) is 0 Å². The van der Waals surface area contributed by atoms with E-state index in [1.165, 1.54) is 0 Å². The smallest absolute Gasteiger partial charge is 0.233 e. The Kier molecular flexibility index (Phi) is 2.62. The van der Waals surface area contributed by atoms with E-state index in [-0.39, 0.29) is 11.8 Å². The van der Waals surface area contributed by atoms with Crippen molar-refractivity contribution in [1.29, 1.82) is 0 Å². The first-order valence-electron chi connectivity index (χ1n) is 5.53. The third kappa shape index (κ3) is 1.56. The molecule has 2 rings (SSSR count). The van der Waals surface area contributed by atoms with Crippen LogP contribution in [0.4, 0.5) is 5.69 Å². The van der Waals surface area contributed by atoms with E-state index in [1.54, 1.807) is 4.90 Å². The third-order valence-corrected chi connectivity index (χ3v) is 3.10. The standard InChI is InChI=1S/C13H17NO2/c1-8-5-6-9(2)12-11(8)14(4)13(15)10(3)7-16-12/h5-6,10H,7H2,1-4H3. The number of anilines is 1. The molecule has 0 saturated heterocycles. The number of fused-ring (bicyclic) bond motifs is 1. The molecular formula is C13H17NO2. The quantitative estimate of drug-likeness (QED) is 0.670. The topological polar surface area (TPSA) is 29.5 Å². The molecule has 0 radical (unpaired) electrons. The van der Waals surface area contributed by atoms with Gasteiger partial charge in [0.1, 0.15) is 5.75 Å². The zero-order chi connectivity index (χ0) is 11.9. The normalized spacial score (nSPS) is 20.1. The van der Waals surface area contributed by atoms with Crippen LogP contribution in [0.3, 0.4) is 0 Å². The summed E-state index contributed by atoms with van der Waals surface area (Å²) in [7, 11) is 1.82. The minimum absolute atomic E-state index is 0.0869. The lowest BCUT2D eigenvalue weighted by Crippen LogP contribution is -2.32. The number of carbonyl (C=O) groups is 1. The molecule has 1 heterocycles. The number of aryl methyl sites for hydroxylation is 2. The lowest BCUT2D eigenvalue weighted by molar-refractivity contribution is -0.122. The van der Waals surface area contributed by atoms with Crippen LogP contribution in [-0.4, -0.2) is 19.6 Å². The van der Waals surface area contributed by atoms with E-state index < -0.39 is 0 Å². The molecule has 1 unspecified atom stereocenters. The van der Waals surface area contributed by atoms with Crippen LogP contribution in [0.5, 0.6) is 5.75 Å². The molecule has 0 fully saturated rings. The number of nitrogens with zero attached hydrogens (tertiary/aromatic N) is 1. The molecule has 0 N–H and O–H groups in total. The summed E-state index contributed by atoms with van der Waals surface area (Å²) in [5.74, 6) is 0.879. The molecule has 0 aliphatic carbocycles. The molecule has 1 aromatic rings. The Morgan fingerprint density at radius 1 is 1.31 bits per heavy atom. The molecule has 86 valence electrons. The number of hydrogen-bond donors (Lipinski definition) is 0. The molecule has 0 saturated carbocycles. The van der Waals surface area contributed by atoms with Crippen LogP contribution in [0.15, 0.2) is 12.1 Å². The van der Waals surface area contributed by atoms with Gasteiger partial charge in [-0.05, 0) is 25.0 Å². The average molecular weight is 219 g/mol. The molecule has 0 bridgehead atoms. The summed E-state index contributed by atoms with van der Waals surface area (Å²) in [5, 5.41) is 0. The summed E-state index contributed by atoms with van der Waals surface area (Å²) in [4.78, 5) is 13.7. The maximum Gasteiger partial charge on any atom is 0.233 e. The molecule has 1 atom stereocenters. The number of benzene rings is 1. The zero-order valence-corrected chi connectivity index (χ0v) is 10.2. The highest BCUT2D eigenvalue weighted by Crippen LogP contribution is 2.37. The minimum Gasteiger partial charge on any atom is -0.490 e. The van der Waals surface area contributed by atoms with E-state index in [1.807, 2.05) is 40.0 Å². The number of carbonyl (C=O) groups excluding carboxylic acids is 1. The van der Waals surface area contributed by atoms with Crippen molar-refractivity contribution < 1.29 is 9.53 Å². The number of ether oxygens (including phenoxy) is 1. The molecule has 1 aliphatic heterocycles. The van der Waals surface area contributed by atoms with Gasteiger partial charge in [0, 0.05) is 7.05 Å². The molecule has 3 heteroatoms. The zero-order valence-electron chi connectivity index (χ0n) is 10.2. The van der Waals surface area contributed by atoms with Gasteiger partial charge in [0.2, 0.25) is 5.91 Å². The van der Waals surface area contributed by atoms with Crippen molar-refractivity contribution >= 4 is 11.6 Å². The second-order valence-corrected chi connectivity index (χ2v) is 4.49. The van der Waals surface area contributed by atoms with Crippen LogP contribution in [0, 0.1) is 19.8 Å². The van der Waals surface area contributed by atoms with Crippen LogP contribution >= 0.6 is 0 Å². The summed E-state index contributed by atoms with van der Waals surface area (Å²) in [5.41, 5.74) is 3.06. The number of rotatable bonds is 0. The first-order valence-corrected chi connectivity index (χ1v) is 5.53. The van der Waals surface area contributed by atoms with Crippen LogP contribution in [0.2, 0.25) is 0 Å². The Morgan fingerprint density at radius 3 is 2.62 bits per heavy atom. The highest BCUT2D eigenvalue weighted by Gasteiger charge is 2.27. The number of amides is 1. The Bertz CT molecular complexity index is 440. The Labute approximate surface area is 96.0 Å². The summed E-state index contributed by atoms with van der Waals surface area (Å²) in [6, 6.07) is 4.06. The predicted molar refractivity (Wildman–Crippen MR) is 64.0 cm³/mol. The van der Waals surface area contributed by atoms with Gasteiger partial charge >= 0.3 is 0 Å². The maximum absolute atomic E-state index is 12.0. The molecule has 0 spiro atoms. The van der Waals surface area contributed by atoms with Crippen molar-refractivity contribution in [2.45, 2.75) is 20.8 Å². The fourth-order valence-electron chi connectivity index (χ4n) is 2.09. The van der Waals surface area contributed by atoms with E-state index in [9.17, 15) is 4.79 Å². The third-order valence-electron chi connectivity index (χ3n) is 3.10. The number of hydrogen-bond acceptors (Lipinski definition) is 2. The average Bonchev–Trinajstić information content (AvgIpc) is 2.37. The van der Waals surface area contributed by atoms with Gasteiger partial charge in [-0.1, -0.05) is 19.1 Å². The molecule has 0 aromatic heterocycles. The highest BCUT2D eigenvalue weighted by molar-refractivity contribution is 5.97. The second kappa shape index (κ2) is 3.81. The lowest BCUT2D eigenvalue weighted by atomic mass is 10.1. The Hall–Kier alpha value is -1.51. The fraction of sp³-hybridized carbons (Fsp3) is 0.462. The van der Waals surface area contributed by atoms with Crippen molar-refractivity contribution in [1.82, 2.24) is 0 Å². The maximum atomic E-state index is 12.0. The van der Waals surface area contributed by atoms with Crippen molar-refractivity contribution in [2.75, 3.05) is 18.6 Å². The van der Waals surface area contributed by atoms with Crippen LogP contribution in [0.1, 0.15) is 18.1 Å². The monoisotopic (exact) mass is 219 g/mol. The van der Waals surface area contributed by atoms with Crippen molar-refractivity contribution in [3.8, 4) is 5.75 Å². The van der Waals surface area contributed by atoms with E-state index >= 15 is 0 Å². The van der Waals surface area contributed by atoms with E-state index in [2.05, 4.69) is 0 Å². The van der Waals surface area contributed by atoms with Crippen molar-refractivity contribution in [3.63, 3.8) is 0 Å². The molecule has 1 amide bonds. The molecular weight excluding hydrogens is 202 g/mol. The van der Waals surface area contributed by atoms with Gasteiger partial charge in [0.25, 0.3) is 0 Å². The van der Waals surface area contributed by atoms with Gasteiger partial charge in [-0.3, -0.25) is 4.79 Å².